The molecule has 0 fully saturated rings. The summed E-state index contributed by atoms with van der Waals surface area (Å²) >= 11 is 0. The number of hydrogen-bond donors (Lipinski definition) is 0. The van der Waals surface area contributed by atoms with Crippen LogP contribution in [-0.2, 0) is 10.8 Å². The average molecular weight is 1580 g/mol. The highest BCUT2D eigenvalue weighted by molar-refractivity contribution is 7.00. The number of benzene rings is 20. The Morgan fingerprint density at radius 1 is 0.210 bits per heavy atom. The van der Waals surface area contributed by atoms with Crippen molar-refractivity contribution >= 4 is 107 Å². The molecule has 0 bridgehead atoms. The van der Waals surface area contributed by atoms with Crippen molar-refractivity contribution in [2.75, 3.05) is 14.7 Å². The van der Waals surface area contributed by atoms with E-state index in [0.717, 1.165) is 157 Å². The van der Waals surface area contributed by atoms with E-state index in [1.54, 1.807) is 0 Å². The Morgan fingerprint density at radius 3 is 0.879 bits per heavy atom. The van der Waals surface area contributed by atoms with Crippen LogP contribution in [0.15, 0.2) is 437 Å². The van der Waals surface area contributed by atoms with Gasteiger partial charge in [-0.15, -0.1) is 0 Å². The fourth-order valence-corrected chi connectivity index (χ4v) is 19.6. The Morgan fingerprint density at radius 2 is 0.508 bits per heavy atom. The molecule has 2 aliphatic heterocycles. The van der Waals surface area contributed by atoms with Gasteiger partial charge in [0.05, 0.1) is 17.1 Å². The summed E-state index contributed by atoms with van der Waals surface area (Å²) in [6, 6.07) is 165. The molecule has 4 heteroatoms. The van der Waals surface area contributed by atoms with Crippen LogP contribution in [-0.4, -0.2) is 6.71 Å². The molecule has 0 radical (unpaired) electrons. The SMILES string of the molecule is CC(C)(C)c1cc2ccc3cc(C(C)(C)C)cc4c(-c5ccc6c(c5)B5c7cc(-c8ccccc8)ccc7N(c7c(-c8ccccc8)cc(-c8ccccc8)cc7-c7ccccc7)c7cc(N(c8ccc(-c9ccccc9)cc8)c8ccc(-c9ccccc9)cc8)cc(c75)N6c5c(-c6ccccc6)cc(-c6ccccc6)cc5-c5ccccc5)cc(c1)c2c34. The fourth-order valence-electron chi connectivity index (χ4n) is 19.6. The minimum Gasteiger partial charge on any atom is -0.310 e. The maximum atomic E-state index is 2.73. The largest absolute Gasteiger partial charge is 0.310 e. The standard InChI is InChI=1S/C120H90BN3/c1-119(2,3)97-66-92-52-53-93-67-98(120(4,5)6)76-107-102(73-96(68-97)114(92)115(93)107)91-59-65-111-109(75-91)121-108-74-90(81-38-20-9-21-39-81)58-64-110(108)123(117-103(86-44-26-12-27-45-86)69-94(82-40-22-10-23-41-82)70-104(117)87-46-28-13-29-47-87)112-77-101(122(99-60-54-84(55-61-99)79-34-16-7-17-35-79)100-62-56-85(57-63-100)80-36-18-8-19-37-80)78-113(116(112)121)124(111)118-105(88-48-30-14-31-49-88)71-95(83-42-24-11-25-43-83)72-106(118)89-50-32-15-33-51-89/h7-78H,1-6H3. The highest BCUT2D eigenvalue weighted by atomic mass is 15.2. The zero-order valence-corrected chi connectivity index (χ0v) is 70.5. The second-order valence-corrected chi connectivity index (χ2v) is 35.5. The van der Waals surface area contributed by atoms with Gasteiger partial charge in [0, 0.05) is 56.4 Å². The first-order valence-corrected chi connectivity index (χ1v) is 43.5. The summed E-state index contributed by atoms with van der Waals surface area (Å²) in [5, 5.41) is 7.65. The average Bonchev–Trinajstić information content (AvgIpc) is 0.685. The van der Waals surface area contributed by atoms with Crippen molar-refractivity contribution in [1.82, 2.24) is 0 Å². The smallest absolute Gasteiger partial charge is 0.252 e. The molecule has 124 heavy (non-hydrogen) atoms. The molecule has 0 aromatic heterocycles. The van der Waals surface area contributed by atoms with Gasteiger partial charge >= 0.3 is 0 Å². The molecule has 20 aromatic carbocycles. The van der Waals surface area contributed by atoms with Gasteiger partial charge in [0.15, 0.2) is 0 Å². The third kappa shape index (κ3) is 13.3. The second-order valence-electron chi connectivity index (χ2n) is 35.5. The number of anilines is 9. The number of hydrogen-bond acceptors (Lipinski definition) is 3. The quantitative estimate of drug-likeness (QED) is 0.0748. The normalized spacial score (nSPS) is 12.4. The summed E-state index contributed by atoms with van der Waals surface area (Å²) < 4.78 is 0. The first kappa shape index (κ1) is 75.1. The Labute approximate surface area is 727 Å². The van der Waals surface area contributed by atoms with Crippen molar-refractivity contribution in [2.24, 2.45) is 0 Å². The highest BCUT2D eigenvalue weighted by Gasteiger charge is 2.47. The topological polar surface area (TPSA) is 9.72 Å². The lowest BCUT2D eigenvalue weighted by Crippen LogP contribution is -2.61. The van der Waals surface area contributed by atoms with Crippen molar-refractivity contribution in [3.8, 4) is 111 Å². The van der Waals surface area contributed by atoms with Gasteiger partial charge in [-0.05, 0) is 245 Å². The molecular formula is C120H90BN3. The van der Waals surface area contributed by atoms with Crippen LogP contribution in [0.4, 0.5) is 51.2 Å². The Kier molecular flexibility index (Phi) is 18.5. The minimum atomic E-state index is -0.384. The van der Waals surface area contributed by atoms with Crippen LogP contribution in [0.3, 0.4) is 0 Å². The zero-order chi connectivity index (χ0) is 83.3. The molecule has 0 unspecified atom stereocenters. The lowest BCUT2D eigenvalue weighted by Gasteiger charge is -2.46. The Hall–Kier alpha value is -15.1. The lowest BCUT2D eigenvalue weighted by molar-refractivity contribution is 0.591. The van der Waals surface area contributed by atoms with E-state index >= 15 is 0 Å². The van der Waals surface area contributed by atoms with E-state index in [2.05, 4.69) is 493 Å². The van der Waals surface area contributed by atoms with Gasteiger partial charge in [0.2, 0.25) is 0 Å². The van der Waals surface area contributed by atoms with Gasteiger partial charge in [0.1, 0.15) is 0 Å². The number of rotatable bonds is 15. The molecule has 0 amide bonds. The van der Waals surface area contributed by atoms with Crippen molar-refractivity contribution in [1.29, 1.82) is 0 Å². The van der Waals surface area contributed by atoms with E-state index in [9.17, 15) is 0 Å². The van der Waals surface area contributed by atoms with Crippen LogP contribution in [0.2, 0.25) is 0 Å². The van der Waals surface area contributed by atoms with Crippen molar-refractivity contribution < 1.29 is 0 Å². The van der Waals surface area contributed by atoms with E-state index in [-0.39, 0.29) is 17.5 Å². The second kappa shape index (κ2) is 30.6. The summed E-state index contributed by atoms with van der Waals surface area (Å²) in [6.07, 6.45) is 0. The third-order valence-corrected chi connectivity index (χ3v) is 25.8. The van der Waals surface area contributed by atoms with Crippen LogP contribution in [0.1, 0.15) is 52.7 Å². The summed E-state index contributed by atoms with van der Waals surface area (Å²) in [6.45, 7) is 13.8. The molecule has 588 valence electrons. The van der Waals surface area contributed by atoms with E-state index < -0.39 is 0 Å². The minimum absolute atomic E-state index is 0.105. The van der Waals surface area contributed by atoms with E-state index in [1.807, 2.05) is 0 Å². The molecule has 2 heterocycles. The van der Waals surface area contributed by atoms with Gasteiger partial charge in [-0.2, -0.15) is 0 Å². The Bertz CT molecular complexity index is 7190. The van der Waals surface area contributed by atoms with Crippen LogP contribution in [0.25, 0.3) is 144 Å². The predicted octanol–water partition coefficient (Wildman–Crippen LogP) is 31.4. The molecule has 3 nitrogen and oxygen atoms in total. The highest BCUT2D eigenvalue weighted by Crippen LogP contribution is 2.57. The molecule has 20 aromatic rings. The predicted molar refractivity (Wildman–Crippen MR) is 531 cm³/mol. The lowest BCUT2D eigenvalue weighted by atomic mass is 9.33. The maximum absolute atomic E-state index is 2.73. The molecule has 0 spiro atoms. The summed E-state index contributed by atoms with van der Waals surface area (Å²) in [5.74, 6) is 0. The van der Waals surface area contributed by atoms with Gasteiger partial charge in [0.25, 0.3) is 6.71 Å². The van der Waals surface area contributed by atoms with E-state index in [1.165, 1.54) is 65.4 Å². The molecule has 0 aliphatic carbocycles. The van der Waals surface area contributed by atoms with E-state index in [0.29, 0.717) is 0 Å². The summed E-state index contributed by atoms with van der Waals surface area (Å²) in [4.78, 5) is 7.96. The van der Waals surface area contributed by atoms with Crippen LogP contribution < -0.4 is 31.1 Å². The molecule has 22 rings (SSSR count). The molecular weight excluding hydrogens is 1490 g/mol. The van der Waals surface area contributed by atoms with Crippen LogP contribution in [0.5, 0.6) is 0 Å². The van der Waals surface area contributed by atoms with Gasteiger partial charge in [-0.3, -0.25) is 0 Å². The first-order valence-electron chi connectivity index (χ1n) is 43.5. The summed E-state index contributed by atoms with van der Waals surface area (Å²) in [7, 11) is 0. The molecule has 0 N–H and O–H groups in total. The van der Waals surface area contributed by atoms with Crippen molar-refractivity contribution in [3.05, 3.63) is 448 Å². The van der Waals surface area contributed by atoms with Gasteiger partial charge < -0.3 is 14.7 Å². The molecule has 2 aliphatic rings. The van der Waals surface area contributed by atoms with Crippen molar-refractivity contribution in [3.63, 3.8) is 0 Å². The summed E-state index contributed by atoms with van der Waals surface area (Å²) in [5.41, 5.74) is 38.0. The third-order valence-electron chi connectivity index (χ3n) is 25.8. The fraction of sp³-hybridized carbons (Fsp3) is 0.0667. The van der Waals surface area contributed by atoms with Gasteiger partial charge in [-0.25, -0.2) is 0 Å². The number of nitrogens with zero attached hydrogens (tertiary/aromatic N) is 3. The monoisotopic (exact) mass is 1580 g/mol. The number of fused-ring (bicyclic) bond motifs is 4. The molecule has 0 saturated carbocycles. The first-order chi connectivity index (χ1) is 60.8. The van der Waals surface area contributed by atoms with Crippen molar-refractivity contribution in [2.45, 2.75) is 52.4 Å². The Balaban J connectivity index is 0.935. The maximum Gasteiger partial charge on any atom is 0.252 e. The van der Waals surface area contributed by atoms with Crippen LogP contribution >= 0.6 is 0 Å². The van der Waals surface area contributed by atoms with Gasteiger partial charge in [-0.1, -0.05) is 393 Å². The molecule has 0 atom stereocenters. The zero-order valence-electron chi connectivity index (χ0n) is 70.5. The van der Waals surface area contributed by atoms with Crippen LogP contribution in [0, 0.1) is 0 Å². The molecule has 0 saturated heterocycles. The van der Waals surface area contributed by atoms with E-state index in [4.69, 9.17) is 0 Å².